The minimum absolute atomic E-state index is 0.0369. The van der Waals surface area contributed by atoms with Gasteiger partial charge in [-0.3, -0.25) is 0 Å². The van der Waals surface area contributed by atoms with Gasteiger partial charge in [-0.25, -0.2) is 4.79 Å². The van der Waals surface area contributed by atoms with Crippen LogP contribution < -0.4 is 11.1 Å². The Morgan fingerprint density at radius 1 is 1.60 bits per heavy atom. The summed E-state index contributed by atoms with van der Waals surface area (Å²) in [4.78, 5) is 13.6. The smallest absolute Gasteiger partial charge is 0.317 e. The van der Waals surface area contributed by atoms with Gasteiger partial charge < -0.3 is 16.0 Å². The van der Waals surface area contributed by atoms with Gasteiger partial charge in [0.1, 0.15) is 0 Å². The third-order valence-corrected chi connectivity index (χ3v) is 3.02. The minimum Gasteiger partial charge on any atom is -0.338 e. The molecule has 0 aromatic rings. The summed E-state index contributed by atoms with van der Waals surface area (Å²) in [6, 6.07) is 0.0369. The van der Waals surface area contributed by atoms with E-state index in [9.17, 15) is 4.79 Å². The van der Waals surface area contributed by atoms with Crippen molar-refractivity contribution < 1.29 is 4.79 Å². The first-order valence-corrected chi connectivity index (χ1v) is 5.75. The number of nitrogens with zero attached hydrogens (tertiary/aromatic N) is 1. The van der Waals surface area contributed by atoms with Crippen LogP contribution in [0.5, 0.6) is 0 Å². The molecule has 0 radical (unpaired) electrons. The zero-order valence-electron chi connectivity index (χ0n) is 10.0. The first-order chi connectivity index (χ1) is 6.99. The average molecular weight is 213 g/mol. The van der Waals surface area contributed by atoms with E-state index in [1.807, 2.05) is 4.90 Å². The zero-order valence-corrected chi connectivity index (χ0v) is 10.0. The van der Waals surface area contributed by atoms with E-state index in [1.54, 1.807) is 0 Å². The van der Waals surface area contributed by atoms with Crippen molar-refractivity contribution in [1.29, 1.82) is 0 Å². The van der Waals surface area contributed by atoms with E-state index in [4.69, 9.17) is 5.73 Å². The van der Waals surface area contributed by atoms with Crippen LogP contribution in [-0.2, 0) is 0 Å². The highest BCUT2D eigenvalue weighted by Gasteiger charge is 2.35. The molecule has 15 heavy (non-hydrogen) atoms. The second-order valence-electron chi connectivity index (χ2n) is 5.04. The SMILES string of the molecule is CC(C)CC(C)(CN)N1CCCNC1=O. The van der Waals surface area contributed by atoms with E-state index in [1.165, 1.54) is 0 Å². The average Bonchev–Trinajstić information content (AvgIpc) is 2.17. The Hall–Kier alpha value is -0.770. The van der Waals surface area contributed by atoms with Gasteiger partial charge in [0.05, 0.1) is 5.54 Å². The second-order valence-corrected chi connectivity index (χ2v) is 5.04. The van der Waals surface area contributed by atoms with Gasteiger partial charge in [-0.05, 0) is 25.7 Å². The van der Waals surface area contributed by atoms with Gasteiger partial charge in [0, 0.05) is 19.6 Å². The molecule has 0 spiro atoms. The molecule has 1 aliphatic rings. The molecule has 1 unspecified atom stereocenters. The number of rotatable bonds is 4. The topological polar surface area (TPSA) is 58.4 Å². The Morgan fingerprint density at radius 3 is 2.73 bits per heavy atom. The van der Waals surface area contributed by atoms with E-state index in [2.05, 4.69) is 26.1 Å². The third-order valence-electron chi connectivity index (χ3n) is 3.02. The molecule has 0 aromatic heterocycles. The monoisotopic (exact) mass is 213 g/mol. The van der Waals surface area contributed by atoms with Gasteiger partial charge in [-0.2, -0.15) is 0 Å². The lowest BCUT2D eigenvalue weighted by Gasteiger charge is -2.43. The fourth-order valence-corrected chi connectivity index (χ4v) is 2.33. The van der Waals surface area contributed by atoms with Crippen molar-refractivity contribution in [3.05, 3.63) is 0 Å². The van der Waals surface area contributed by atoms with Crippen LogP contribution >= 0.6 is 0 Å². The van der Waals surface area contributed by atoms with Crippen LogP contribution in [0.3, 0.4) is 0 Å². The molecule has 0 bridgehead atoms. The van der Waals surface area contributed by atoms with Gasteiger partial charge in [-0.1, -0.05) is 13.8 Å². The summed E-state index contributed by atoms with van der Waals surface area (Å²) in [7, 11) is 0. The Labute approximate surface area is 92.2 Å². The molecule has 0 aliphatic carbocycles. The first-order valence-electron chi connectivity index (χ1n) is 5.75. The summed E-state index contributed by atoms with van der Waals surface area (Å²) < 4.78 is 0. The maximum atomic E-state index is 11.7. The molecule has 1 fully saturated rings. The molecule has 0 saturated carbocycles. The normalized spacial score (nSPS) is 21.4. The number of urea groups is 1. The fourth-order valence-electron chi connectivity index (χ4n) is 2.33. The summed E-state index contributed by atoms with van der Waals surface area (Å²) in [6.07, 6.45) is 1.97. The van der Waals surface area contributed by atoms with Crippen LogP contribution in [0.4, 0.5) is 4.79 Å². The number of nitrogens with one attached hydrogen (secondary N) is 1. The van der Waals surface area contributed by atoms with Crippen molar-refractivity contribution in [3.63, 3.8) is 0 Å². The standard InChI is InChI=1S/C11H23N3O/c1-9(2)7-11(3,8-12)14-6-4-5-13-10(14)15/h9H,4-8,12H2,1-3H3,(H,13,15). The molecule has 88 valence electrons. The van der Waals surface area contributed by atoms with Gasteiger partial charge in [0.25, 0.3) is 0 Å². The Bertz CT molecular complexity index is 230. The van der Waals surface area contributed by atoms with E-state index < -0.39 is 0 Å². The lowest BCUT2D eigenvalue weighted by Crippen LogP contribution is -2.60. The molecule has 1 rings (SSSR count). The molecule has 3 N–H and O–H groups in total. The summed E-state index contributed by atoms with van der Waals surface area (Å²) in [5.41, 5.74) is 5.63. The van der Waals surface area contributed by atoms with E-state index in [0.717, 1.165) is 25.9 Å². The highest BCUT2D eigenvalue weighted by molar-refractivity contribution is 5.75. The van der Waals surface area contributed by atoms with E-state index in [0.29, 0.717) is 12.5 Å². The molecule has 4 nitrogen and oxygen atoms in total. The molecule has 2 amide bonds. The van der Waals surface area contributed by atoms with Crippen LogP contribution in [0.15, 0.2) is 0 Å². The quantitative estimate of drug-likeness (QED) is 0.736. The highest BCUT2D eigenvalue weighted by atomic mass is 16.2. The summed E-state index contributed by atoms with van der Waals surface area (Å²) >= 11 is 0. The third kappa shape index (κ3) is 2.84. The Morgan fingerprint density at radius 2 is 2.27 bits per heavy atom. The summed E-state index contributed by atoms with van der Waals surface area (Å²) in [6.45, 7) is 8.55. The van der Waals surface area contributed by atoms with E-state index >= 15 is 0 Å². The number of carbonyl (C=O) groups is 1. The van der Waals surface area contributed by atoms with Crippen molar-refractivity contribution in [2.24, 2.45) is 11.7 Å². The Kier molecular flexibility index (Phi) is 3.97. The molecule has 1 saturated heterocycles. The first kappa shape index (κ1) is 12.3. The van der Waals surface area contributed by atoms with E-state index in [-0.39, 0.29) is 11.6 Å². The molecular formula is C11H23N3O. The predicted octanol–water partition coefficient (Wildman–Crippen LogP) is 1.17. The predicted molar refractivity (Wildman–Crippen MR) is 61.6 cm³/mol. The molecule has 0 aromatic carbocycles. The number of nitrogens with two attached hydrogens (primary N) is 1. The lowest BCUT2D eigenvalue weighted by atomic mass is 9.88. The summed E-state index contributed by atoms with van der Waals surface area (Å²) in [5, 5.41) is 2.88. The lowest BCUT2D eigenvalue weighted by molar-refractivity contribution is 0.0995. The highest BCUT2D eigenvalue weighted by Crippen LogP contribution is 2.24. The number of hydrogen-bond donors (Lipinski definition) is 2. The van der Waals surface area contributed by atoms with Crippen molar-refractivity contribution in [2.75, 3.05) is 19.6 Å². The zero-order chi connectivity index (χ0) is 11.5. The van der Waals surface area contributed by atoms with Gasteiger partial charge in [0.2, 0.25) is 0 Å². The van der Waals surface area contributed by atoms with Crippen molar-refractivity contribution in [2.45, 2.75) is 39.2 Å². The van der Waals surface area contributed by atoms with Crippen molar-refractivity contribution in [3.8, 4) is 0 Å². The number of carbonyl (C=O) groups excluding carboxylic acids is 1. The van der Waals surface area contributed by atoms with Gasteiger partial charge in [0.15, 0.2) is 0 Å². The molecule has 1 heterocycles. The molecular weight excluding hydrogens is 190 g/mol. The molecule has 1 aliphatic heterocycles. The van der Waals surface area contributed by atoms with Crippen LogP contribution in [-0.4, -0.2) is 36.1 Å². The number of hydrogen-bond acceptors (Lipinski definition) is 2. The minimum atomic E-state index is -0.196. The van der Waals surface area contributed by atoms with Crippen LogP contribution in [0.2, 0.25) is 0 Å². The molecule has 4 heteroatoms. The largest absolute Gasteiger partial charge is 0.338 e. The van der Waals surface area contributed by atoms with Crippen molar-refractivity contribution >= 4 is 6.03 Å². The van der Waals surface area contributed by atoms with Gasteiger partial charge in [-0.15, -0.1) is 0 Å². The van der Waals surface area contributed by atoms with Crippen LogP contribution in [0.1, 0.15) is 33.6 Å². The Balaban J connectivity index is 2.74. The fraction of sp³-hybridized carbons (Fsp3) is 0.909. The van der Waals surface area contributed by atoms with Crippen molar-refractivity contribution in [1.82, 2.24) is 10.2 Å². The van der Waals surface area contributed by atoms with Crippen LogP contribution in [0, 0.1) is 5.92 Å². The maximum absolute atomic E-state index is 11.7. The molecule has 1 atom stereocenters. The second kappa shape index (κ2) is 4.84. The number of amides is 2. The van der Waals surface area contributed by atoms with Crippen LogP contribution in [0.25, 0.3) is 0 Å². The maximum Gasteiger partial charge on any atom is 0.317 e. The van der Waals surface area contributed by atoms with Gasteiger partial charge >= 0.3 is 6.03 Å². The summed E-state index contributed by atoms with van der Waals surface area (Å²) in [5.74, 6) is 0.549.